The topological polar surface area (TPSA) is 67.4 Å². The number of allylic oxidation sites excluding steroid dienone is 1. The van der Waals surface area contributed by atoms with Crippen molar-refractivity contribution in [1.29, 1.82) is 0 Å². The minimum absolute atomic E-state index is 0.0495. The van der Waals surface area contributed by atoms with Crippen LogP contribution in [-0.4, -0.2) is 37.0 Å². The molecule has 0 N–H and O–H groups in total. The first-order chi connectivity index (χ1) is 9.60. The standard InChI is InChI=1S/C7H11N2.C7H14O4/c1-3-4-9-6-5-8(2)7-9;1-2-10-5-6-11-4-3-7(8)9/h3,5-7H,1,4H2,2H3;2-6H2,1H3,(H,8,9)/q+1;/p-1. The number of aromatic nitrogens is 2. The lowest BCUT2D eigenvalue weighted by molar-refractivity contribution is -0.686. The lowest BCUT2D eigenvalue weighted by atomic mass is 10.5. The summed E-state index contributed by atoms with van der Waals surface area (Å²) in [5.74, 6) is -1.08. The van der Waals surface area contributed by atoms with Crippen molar-refractivity contribution in [3.8, 4) is 0 Å². The zero-order valence-corrected chi connectivity index (χ0v) is 12.3. The summed E-state index contributed by atoms with van der Waals surface area (Å²) in [5, 5.41) is 9.87. The van der Waals surface area contributed by atoms with E-state index in [1.54, 1.807) is 0 Å². The maximum absolute atomic E-state index is 9.87. The second kappa shape index (κ2) is 12.4. The molecule has 1 aromatic heterocycles. The first kappa shape index (κ1) is 18.3. The molecule has 0 bridgehead atoms. The van der Waals surface area contributed by atoms with Crippen molar-refractivity contribution < 1.29 is 23.9 Å². The Morgan fingerprint density at radius 3 is 2.60 bits per heavy atom. The lowest BCUT2D eigenvalue weighted by Crippen LogP contribution is -2.29. The molecule has 0 saturated heterocycles. The van der Waals surface area contributed by atoms with E-state index in [1.165, 1.54) is 0 Å². The molecule has 1 rings (SSSR count). The van der Waals surface area contributed by atoms with Gasteiger partial charge in [0.15, 0.2) is 0 Å². The van der Waals surface area contributed by atoms with E-state index in [2.05, 4.69) is 11.1 Å². The van der Waals surface area contributed by atoms with Gasteiger partial charge < -0.3 is 19.4 Å². The summed E-state index contributed by atoms with van der Waals surface area (Å²) < 4.78 is 13.9. The van der Waals surface area contributed by atoms with E-state index in [0.717, 1.165) is 6.54 Å². The highest BCUT2D eigenvalue weighted by Gasteiger charge is 1.93. The fourth-order valence-corrected chi connectivity index (χ4v) is 1.28. The van der Waals surface area contributed by atoms with Crippen LogP contribution in [0.25, 0.3) is 0 Å². The van der Waals surface area contributed by atoms with E-state index in [4.69, 9.17) is 9.47 Å². The van der Waals surface area contributed by atoms with Gasteiger partial charge in [-0.2, -0.15) is 0 Å². The fourth-order valence-electron chi connectivity index (χ4n) is 1.28. The third-order valence-electron chi connectivity index (χ3n) is 2.19. The van der Waals surface area contributed by atoms with Crippen molar-refractivity contribution in [3.05, 3.63) is 31.4 Å². The van der Waals surface area contributed by atoms with Gasteiger partial charge in [-0.1, -0.05) is 12.7 Å². The van der Waals surface area contributed by atoms with Gasteiger partial charge in [-0.05, 0) is 6.92 Å². The molecule has 1 heterocycles. The predicted molar refractivity (Wildman–Crippen MR) is 72.7 cm³/mol. The summed E-state index contributed by atoms with van der Waals surface area (Å²) in [6.45, 7) is 8.24. The molecule has 0 aliphatic rings. The number of carboxylic acid groups (broad SMARTS) is 1. The normalized spacial score (nSPS) is 9.70. The molecular formula is C14H24N2O4. The highest BCUT2D eigenvalue weighted by molar-refractivity contribution is 5.64. The third-order valence-corrected chi connectivity index (χ3v) is 2.19. The Morgan fingerprint density at radius 1 is 1.40 bits per heavy atom. The largest absolute Gasteiger partial charge is 0.550 e. The molecule has 0 saturated carbocycles. The minimum atomic E-state index is -1.08. The van der Waals surface area contributed by atoms with Crippen LogP contribution >= 0.6 is 0 Å². The van der Waals surface area contributed by atoms with Gasteiger partial charge in [-0.25, -0.2) is 9.13 Å². The number of carbonyl (C=O) groups excluding carboxylic acids is 1. The Bertz CT molecular complexity index is 377. The Kier molecular flexibility index (Phi) is 11.4. The van der Waals surface area contributed by atoms with Crippen LogP contribution in [0.4, 0.5) is 0 Å². The van der Waals surface area contributed by atoms with Crippen LogP contribution in [0.15, 0.2) is 31.4 Å². The second-order valence-corrected chi connectivity index (χ2v) is 4.00. The van der Waals surface area contributed by atoms with Gasteiger partial charge in [0, 0.05) is 19.0 Å². The lowest BCUT2D eigenvalue weighted by Gasteiger charge is -2.04. The molecule has 0 unspecified atom stereocenters. The van der Waals surface area contributed by atoms with Gasteiger partial charge in [0.25, 0.3) is 0 Å². The molecule has 0 atom stereocenters. The molecule has 114 valence electrons. The van der Waals surface area contributed by atoms with Crippen molar-refractivity contribution in [2.24, 2.45) is 7.05 Å². The zero-order valence-electron chi connectivity index (χ0n) is 12.3. The monoisotopic (exact) mass is 284 g/mol. The molecule has 6 nitrogen and oxygen atoms in total. The van der Waals surface area contributed by atoms with Gasteiger partial charge in [0.05, 0.1) is 26.9 Å². The van der Waals surface area contributed by atoms with E-state index in [1.807, 2.05) is 43.3 Å². The summed E-state index contributed by atoms with van der Waals surface area (Å²) in [6, 6.07) is 0. The zero-order chi connectivity index (χ0) is 15.2. The highest BCUT2D eigenvalue weighted by atomic mass is 16.5. The molecule has 0 radical (unpaired) electrons. The van der Waals surface area contributed by atoms with Crippen LogP contribution < -0.4 is 9.67 Å². The maximum Gasteiger partial charge on any atom is 0.243 e. The number of aliphatic carboxylic acids is 1. The van der Waals surface area contributed by atoms with Crippen LogP contribution in [0.1, 0.15) is 13.3 Å². The van der Waals surface area contributed by atoms with E-state index < -0.39 is 5.97 Å². The molecule has 0 aromatic carbocycles. The number of imidazole rings is 1. The number of rotatable bonds is 9. The maximum atomic E-state index is 9.87. The van der Waals surface area contributed by atoms with Crippen LogP contribution in [0.3, 0.4) is 0 Å². The van der Waals surface area contributed by atoms with Crippen molar-refractivity contribution in [2.45, 2.75) is 19.9 Å². The summed E-state index contributed by atoms with van der Waals surface area (Å²) in [5.41, 5.74) is 0. The van der Waals surface area contributed by atoms with E-state index >= 15 is 0 Å². The molecule has 1 aromatic rings. The average Bonchev–Trinajstić information content (AvgIpc) is 2.80. The number of ether oxygens (including phenoxy) is 2. The van der Waals surface area contributed by atoms with Crippen LogP contribution in [0.5, 0.6) is 0 Å². The molecule has 0 amide bonds. The van der Waals surface area contributed by atoms with Gasteiger partial charge >= 0.3 is 0 Å². The Labute approximate surface area is 120 Å². The number of hydrogen-bond acceptors (Lipinski definition) is 4. The highest BCUT2D eigenvalue weighted by Crippen LogP contribution is 1.81. The van der Waals surface area contributed by atoms with Gasteiger partial charge in [0.1, 0.15) is 18.9 Å². The van der Waals surface area contributed by atoms with Crippen molar-refractivity contribution >= 4 is 5.97 Å². The molecule has 0 aliphatic carbocycles. The van der Waals surface area contributed by atoms with Crippen molar-refractivity contribution in [2.75, 3.05) is 26.4 Å². The minimum Gasteiger partial charge on any atom is -0.550 e. The van der Waals surface area contributed by atoms with E-state index in [0.29, 0.717) is 19.8 Å². The quantitative estimate of drug-likeness (QED) is 0.354. The second-order valence-electron chi connectivity index (χ2n) is 4.00. The molecular weight excluding hydrogens is 260 g/mol. The average molecular weight is 284 g/mol. The number of carboxylic acids is 1. The van der Waals surface area contributed by atoms with Gasteiger partial charge in [-0.3, -0.25) is 0 Å². The van der Waals surface area contributed by atoms with E-state index in [9.17, 15) is 9.90 Å². The SMILES string of the molecule is C=CC[n+]1ccn(C)c1.CCOCCOCCC(=O)[O-]. The van der Waals surface area contributed by atoms with Gasteiger partial charge in [-0.15, -0.1) is 0 Å². The summed E-state index contributed by atoms with van der Waals surface area (Å²) in [7, 11) is 2.00. The molecule has 20 heavy (non-hydrogen) atoms. The number of nitrogens with zero attached hydrogens (tertiary/aromatic N) is 2. The summed E-state index contributed by atoms with van der Waals surface area (Å²) in [6.07, 6.45) is 7.86. The Balaban J connectivity index is 0.000000367. The van der Waals surface area contributed by atoms with Crippen LogP contribution in [0, 0.1) is 0 Å². The first-order valence-electron chi connectivity index (χ1n) is 6.57. The first-order valence-corrected chi connectivity index (χ1v) is 6.57. The number of carbonyl (C=O) groups is 1. The summed E-state index contributed by atoms with van der Waals surface area (Å²) in [4.78, 5) is 9.87. The Hall–Kier alpha value is -1.66. The van der Waals surface area contributed by atoms with Crippen LogP contribution in [-0.2, 0) is 27.9 Å². The van der Waals surface area contributed by atoms with Crippen molar-refractivity contribution in [1.82, 2.24) is 4.57 Å². The smallest absolute Gasteiger partial charge is 0.243 e. The van der Waals surface area contributed by atoms with Crippen molar-refractivity contribution in [3.63, 3.8) is 0 Å². The molecule has 0 fully saturated rings. The predicted octanol–water partition coefficient (Wildman–Crippen LogP) is -0.322. The Morgan fingerprint density at radius 2 is 2.10 bits per heavy atom. The fraction of sp³-hybridized carbons (Fsp3) is 0.571. The third kappa shape index (κ3) is 11.4. The molecule has 0 spiro atoms. The summed E-state index contributed by atoms with van der Waals surface area (Å²) >= 11 is 0. The number of aryl methyl sites for hydroxylation is 1. The van der Waals surface area contributed by atoms with Crippen LogP contribution in [0.2, 0.25) is 0 Å². The van der Waals surface area contributed by atoms with E-state index in [-0.39, 0.29) is 13.0 Å². The molecule has 0 aliphatic heterocycles. The van der Waals surface area contributed by atoms with Gasteiger partial charge in [0.2, 0.25) is 6.33 Å². The molecule has 6 heteroatoms. The number of hydrogen-bond donors (Lipinski definition) is 0.